The first kappa shape index (κ1) is 13.6. The van der Waals surface area contributed by atoms with Crippen molar-refractivity contribution >= 4 is 0 Å². The predicted octanol–water partition coefficient (Wildman–Crippen LogP) is 2.91. The number of benzene rings is 1. The van der Waals surface area contributed by atoms with Crippen molar-refractivity contribution in [2.24, 2.45) is 0 Å². The van der Waals surface area contributed by atoms with Gasteiger partial charge in [0.2, 0.25) is 0 Å². The van der Waals surface area contributed by atoms with Crippen molar-refractivity contribution in [1.29, 1.82) is 0 Å². The molecule has 0 heterocycles. The van der Waals surface area contributed by atoms with Crippen LogP contribution in [0.15, 0.2) is 24.3 Å². The fraction of sp³-hybridized carbons (Fsp3) is 0.625. The molecule has 0 saturated heterocycles. The van der Waals surface area contributed by atoms with Gasteiger partial charge in [-0.3, -0.25) is 0 Å². The first-order valence-electron chi connectivity index (χ1n) is 6.99. The minimum absolute atomic E-state index is 0.161. The van der Waals surface area contributed by atoms with E-state index in [0.29, 0.717) is 6.04 Å². The number of hydrogen-bond donors (Lipinski definition) is 1. The molecule has 0 fully saturated rings. The van der Waals surface area contributed by atoms with Gasteiger partial charge in [-0.1, -0.05) is 38.1 Å². The van der Waals surface area contributed by atoms with Gasteiger partial charge in [0.15, 0.2) is 0 Å². The molecule has 0 spiro atoms. The summed E-state index contributed by atoms with van der Waals surface area (Å²) in [5, 5.41) is 3.60. The van der Waals surface area contributed by atoms with Gasteiger partial charge in [-0.15, -0.1) is 0 Å². The molecule has 0 saturated carbocycles. The summed E-state index contributed by atoms with van der Waals surface area (Å²) in [5.41, 5.74) is 3.16. The molecule has 1 aromatic carbocycles. The van der Waals surface area contributed by atoms with E-state index in [1.54, 1.807) is 0 Å². The highest BCUT2D eigenvalue weighted by atomic mass is 16.5. The van der Waals surface area contributed by atoms with Crippen molar-refractivity contribution in [1.82, 2.24) is 5.32 Å². The van der Waals surface area contributed by atoms with Gasteiger partial charge in [-0.25, -0.2) is 0 Å². The van der Waals surface area contributed by atoms with Crippen molar-refractivity contribution in [3.8, 4) is 0 Å². The number of hydrogen-bond acceptors (Lipinski definition) is 2. The van der Waals surface area contributed by atoms with Crippen LogP contribution in [0.1, 0.15) is 37.8 Å². The quantitative estimate of drug-likeness (QED) is 0.864. The normalized spacial score (nSPS) is 23.1. The SMILES string of the molecule is COCC1(CNC(C)C)CCCc2ccccc21. The van der Waals surface area contributed by atoms with E-state index in [4.69, 9.17) is 4.74 Å². The summed E-state index contributed by atoms with van der Waals surface area (Å²) in [6, 6.07) is 9.39. The van der Waals surface area contributed by atoms with Crippen molar-refractivity contribution in [2.45, 2.75) is 44.6 Å². The fourth-order valence-corrected chi connectivity index (χ4v) is 3.07. The van der Waals surface area contributed by atoms with E-state index in [2.05, 4.69) is 43.4 Å². The standard InChI is InChI=1S/C16H25NO/c1-13(2)17-11-16(12-18-3)10-6-8-14-7-4-5-9-15(14)16/h4-5,7,9,13,17H,6,8,10-12H2,1-3H3. The molecule has 1 aliphatic rings. The van der Waals surface area contributed by atoms with Crippen LogP contribution in [0, 0.1) is 0 Å². The summed E-state index contributed by atoms with van der Waals surface area (Å²) in [5.74, 6) is 0. The Hall–Kier alpha value is -0.860. The Morgan fingerprint density at radius 2 is 2.11 bits per heavy atom. The van der Waals surface area contributed by atoms with E-state index >= 15 is 0 Å². The Bertz CT molecular complexity index is 388. The number of ether oxygens (including phenoxy) is 1. The highest BCUT2D eigenvalue weighted by Crippen LogP contribution is 2.37. The zero-order valence-electron chi connectivity index (χ0n) is 11.8. The average molecular weight is 247 g/mol. The second-order valence-electron chi connectivity index (χ2n) is 5.76. The first-order valence-corrected chi connectivity index (χ1v) is 6.99. The summed E-state index contributed by atoms with van der Waals surface area (Å²) in [6.45, 7) is 6.23. The molecule has 0 aromatic heterocycles. The minimum atomic E-state index is 0.161. The van der Waals surface area contributed by atoms with Gasteiger partial charge in [0, 0.05) is 25.1 Å². The number of aryl methyl sites for hydroxylation is 1. The first-order chi connectivity index (χ1) is 8.68. The topological polar surface area (TPSA) is 21.3 Å². The van der Waals surface area contributed by atoms with Crippen LogP contribution in [0.5, 0.6) is 0 Å². The number of rotatable bonds is 5. The maximum Gasteiger partial charge on any atom is 0.0571 e. The monoisotopic (exact) mass is 247 g/mol. The van der Waals surface area contributed by atoms with Gasteiger partial charge in [0.1, 0.15) is 0 Å². The van der Waals surface area contributed by atoms with Crippen LogP contribution in [-0.2, 0) is 16.6 Å². The average Bonchev–Trinajstić information content (AvgIpc) is 2.37. The van der Waals surface area contributed by atoms with Crippen LogP contribution >= 0.6 is 0 Å². The molecule has 1 aliphatic carbocycles. The summed E-state index contributed by atoms with van der Waals surface area (Å²) >= 11 is 0. The third kappa shape index (κ3) is 2.76. The van der Waals surface area contributed by atoms with Crippen LogP contribution in [0.4, 0.5) is 0 Å². The molecule has 1 aromatic rings. The number of methoxy groups -OCH3 is 1. The van der Waals surface area contributed by atoms with Gasteiger partial charge in [0.05, 0.1) is 6.61 Å². The van der Waals surface area contributed by atoms with Gasteiger partial charge in [-0.05, 0) is 30.4 Å². The summed E-state index contributed by atoms with van der Waals surface area (Å²) in [4.78, 5) is 0. The highest BCUT2D eigenvalue weighted by Gasteiger charge is 2.36. The Labute approximate surface area is 111 Å². The number of nitrogens with one attached hydrogen (secondary N) is 1. The van der Waals surface area contributed by atoms with E-state index in [0.717, 1.165) is 13.2 Å². The van der Waals surface area contributed by atoms with Crippen molar-refractivity contribution in [2.75, 3.05) is 20.3 Å². The van der Waals surface area contributed by atoms with Crippen LogP contribution < -0.4 is 5.32 Å². The third-order valence-electron chi connectivity index (χ3n) is 3.96. The number of fused-ring (bicyclic) bond motifs is 1. The molecule has 100 valence electrons. The van der Waals surface area contributed by atoms with E-state index in [1.807, 2.05) is 7.11 Å². The molecule has 1 N–H and O–H groups in total. The molecule has 0 amide bonds. The molecule has 1 unspecified atom stereocenters. The summed E-state index contributed by atoms with van der Waals surface area (Å²) in [6.07, 6.45) is 3.70. The third-order valence-corrected chi connectivity index (χ3v) is 3.96. The predicted molar refractivity (Wildman–Crippen MR) is 76.1 cm³/mol. The van der Waals surface area contributed by atoms with Crippen molar-refractivity contribution in [3.63, 3.8) is 0 Å². The fourth-order valence-electron chi connectivity index (χ4n) is 3.07. The van der Waals surface area contributed by atoms with Gasteiger partial charge in [-0.2, -0.15) is 0 Å². The summed E-state index contributed by atoms with van der Waals surface area (Å²) in [7, 11) is 1.81. The van der Waals surface area contributed by atoms with Crippen molar-refractivity contribution < 1.29 is 4.74 Å². The molecule has 0 bridgehead atoms. The van der Waals surface area contributed by atoms with Gasteiger partial charge in [0.25, 0.3) is 0 Å². The smallest absolute Gasteiger partial charge is 0.0571 e. The molecular formula is C16H25NO. The lowest BCUT2D eigenvalue weighted by atomic mass is 9.70. The van der Waals surface area contributed by atoms with Crippen LogP contribution in [-0.4, -0.2) is 26.3 Å². The molecule has 2 rings (SSSR count). The molecule has 2 heteroatoms. The minimum Gasteiger partial charge on any atom is -0.384 e. The molecule has 2 nitrogen and oxygen atoms in total. The summed E-state index contributed by atoms with van der Waals surface area (Å²) < 4.78 is 5.53. The van der Waals surface area contributed by atoms with Crippen LogP contribution in [0.25, 0.3) is 0 Å². The van der Waals surface area contributed by atoms with Crippen molar-refractivity contribution in [3.05, 3.63) is 35.4 Å². The molecule has 18 heavy (non-hydrogen) atoms. The van der Waals surface area contributed by atoms with E-state index in [1.165, 1.54) is 30.4 Å². The van der Waals surface area contributed by atoms with E-state index in [9.17, 15) is 0 Å². The van der Waals surface area contributed by atoms with Crippen LogP contribution in [0.3, 0.4) is 0 Å². The second kappa shape index (κ2) is 5.85. The molecule has 0 aliphatic heterocycles. The van der Waals surface area contributed by atoms with Gasteiger partial charge >= 0.3 is 0 Å². The van der Waals surface area contributed by atoms with Gasteiger partial charge < -0.3 is 10.1 Å². The Morgan fingerprint density at radius 1 is 1.33 bits per heavy atom. The maximum atomic E-state index is 5.53. The molecular weight excluding hydrogens is 222 g/mol. The Kier molecular flexibility index (Phi) is 4.41. The molecule has 1 atom stereocenters. The van der Waals surface area contributed by atoms with Crippen LogP contribution in [0.2, 0.25) is 0 Å². The Morgan fingerprint density at radius 3 is 2.83 bits per heavy atom. The maximum absolute atomic E-state index is 5.53. The zero-order chi connectivity index (χ0) is 13.0. The molecule has 0 radical (unpaired) electrons. The zero-order valence-corrected chi connectivity index (χ0v) is 11.8. The second-order valence-corrected chi connectivity index (χ2v) is 5.76. The van der Waals surface area contributed by atoms with E-state index in [-0.39, 0.29) is 5.41 Å². The Balaban J connectivity index is 2.29. The highest BCUT2D eigenvalue weighted by molar-refractivity contribution is 5.37. The lowest BCUT2D eigenvalue weighted by Gasteiger charge is -2.39. The largest absolute Gasteiger partial charge is 0.384 e. The lowest BCUT2D eigenvalue weighted by molar-refractivity contribution is 0.115. The van der Waals surface area contributed by atoms with E-state index < -0.39 is 0 Å². The lowest BCUT2D eigenvalue weighted by Crippen LogP contribution is -2.46.